The van der Waals surface area contributed by atoms with Crippen molar-refractivity contribution in [3.63, 3.8) is 0 Å². The number of anilines is 1. The Morgan fingerprint density at radius 1 is 1.47 bits per heavy atom. The fourth-order valence-electron chi connectivity index (χ4n) is 2.05. The van der Waals surface area contributed by atoms with Crippen molar-refractivity contribution in [2.24, 2.45) is 0 Å². The van der Waals surface area contributed by atoms with E-state index in [-0.39, 0.29) is 0 Å². The van der Waals surface area contributed by atoms with E-state index in [1.54, 1.807) is 0 Å². The van der Waals surface area contributed by atoms with E-state index in [9.17, 15) is 0 Å². The third-order valence-electron chi connectivity index (χ3n) is 3.09. The third kappa shape index (κ3) is 3.12. The van der Waals surface area contributed by atoms with Gasteiger partial charge in [0, 0.05) is 26.8 Å². The van der Waals surface area contributed by atoms with Crippen molar-refractivity contribution in [2.75, 3.05) is 25.2 Å². The largest absolute Gasteiger partial charge is 0.381 e. The van der Waals surface area contributed by atoms with Gasteiger partial charge in [-0.1, -0.05) is 0 Å². The summed E-state index contributed by atoms with van der Waals surface area (Å²) in [5.74, 6) is 0. The Morgan fingerprint density at radius 2 is 2.29 bits per heavy atom. The Hall–Kier alpha value is -0.320. The number of hydrogen-bond donors (Lipinski definition) is 2. The minimum Gasteiger partial charge on any atom is -0.381 e. The highest BCUT2D eigenvalue weighted by atomic mass is 32.2. The molecule has 0 radical (unpaired) electrons. The molecule has 2 nitrogen and oxygen atoms in total. The summed E-state index contributed by atoms with van der Waals surface area (Å²) in [4.78, 5) is 2.75. The fraction of sp³-hybridized carbons (Fsp3) is 0.538. The van der Waals surface area contributed by atoms with Crippen LogP contribution in [0.3, 0.4) is 0 Å². The summed E-state index contributed by atoms with van der Waals surface area (Å²) in [7, 11) is 2.02. The maximum Gasteiger partial charge on any atom is 0.0481 e. The average molecular weight is 268 g/mol. The summed E-state index contributed by atoms with van der Waals surface area (Å²) in [5.41, 5.74) is 1.29. The van der Waals surface area contributed by atoms with Gasteiger partial charge in [0.15, 0.2) is 0 Å². The van der Waals surface area contributed by atoms with Crippen molar-refractivity contribution in [3.05, 3.63) is 18.2 Å². The second-order valence-electron chi connectivity index (χ2n) is 4.34. The zero-order valence-electron chi connectivity index (χ0n) is 10.6. The minimum absolute atomic E-state index is 0.543. The Bertz CT molecular complexity index is 382. The lowest BCUT2D eigenvalue weighted by molar-refractivity contribution is 0.634. The van der Waals surface area contributed by atoms with Gasteiger partial charge < -0.3 is 10.6 Å². The quantitative estimate of drug-likeness (QED) is 0.818. The summed E-state index contributed by atoms with van der Waals surface area (Å²) < 4.78 is 0. The highest BCUT2D eigenvalue weighted by Crippen LogP contribution is 2.40. The molecule has 1 aromatic carbocycles. The molecule has 0 saturated heterocycles. The molecule has 2 N–H and O–H groups in total. The second kappa shape index (κ2) is 6.03. The Morgan fingerprint density at radius 3 is 3.00 bits per heavy atom. The molecule has 1 aromatic rings. The zero-order valence-corrected chi connectivity index (χ0v) is 12.3. The van der Waals surface area contributed by atoms with Gasteiger partial charge in [0.25, 0.3) is 0 Å². The van der Waals surface area contributed by atoms with E-state index in [0.29, 0.717) is 11.3 Å². The Kier molecular flexibility index (Phi) is 4.65. The first-order valence-electron chi connectivity index (χ1n) is 6.00. The van der Waals surface area contributed by atoms with Crippen molar-refractivity contribution in [1.29, 1.82) is 0 Å². The van der Waals surface area contributed by atoms with Crippen LogP contribution in [-0.4, -0.2) is 31.1 Å². The molecular weight excluding hydrogens is 248 g/mol. The molecule has 2 unspecified atom stereocenters. The maximum atomic E-state index is 3.61. The van der Waals surface area contributed by atoms with Crippen molar-refractivity contribution in [2.45, 2.75) is 34.4 Å². The van der Waals surface area contributed by atoms with Crippen LogP contribution < -0.4 is 10.6 Å². The summed E-state index contributed by atoms with van der Waals surface area (Å²) in [5, 5.41) is 7.51. The highest BCUT2D eigenvalue weighted by Gasteiger charge is 2.25. The fourth-order valence-corrected chi connectivity index (χ4v) is 3.84. The van der Waals surface area contributed by atoms with Crippen molar-refractivity contribution in [1.82, 2.24) is 5.32 Å². The first-order chi connectivity index (χ1) is 8.24. The van der Waals surface area contributed by atoms with Gasteiger partial charge in [0.1, 0.15) is 0 Å². The molecule has 1 heterocycles. The lowest BCUT2D eigenvalue weighted by Gasteiger charge is -2.32. The molecule has 0 aliphatic carbocycles. The molecule has 17 heavy (non-hydrogen) atoms. The first kappa shape index (κ1) is 13.1. The van der Waals surface area contributed by atoms with E-state index in [0.717, 1.165) is 6.54 Å². The van der Waals surface area contributed by atoms with Gasteiger partial charge in [0.2, 0.25) is 0 Å². The predicted molar refractivity (Wildman–Crippen MR) is 79.5 cm³/mol. The van der Waals surface area contributed by atoms with Gasteiger partial charge >= 0.3 is 0 Å². The topological polar surface area (TPSA) is 24.1 Å². The number of thioether (sulfide) groups is 2. The van der Waals surface area contributed by atoms with Gasteiger partial charge in [-0.05, 0) is 51.4 Å². The van der Waals surface area contributed by atoms with E-state index < -0.39 is 0 Å². The van der Waals surface area contributed by atoms with Crippen LogP contribution in [0.25, 0.3) is 0 Å². The van der Waals surface area contributed by atoms with Gasteiger partial charge in [-0.25, -0.2) is 0 Å². The van der Waals surface area contributed by atoms with Crippen molar-refractivity contribution >= 4 is 29.2 Å². The van der Waals surface area contributed by atoms with E-state index in [2.05, 4.69) is 42.0 Å². The molecule has 2 rings (SSSR count). The smallest absolute Gasteiger partial charge is 0.0481 e. The number of benzene rings is 1. The van der Waals surface area contributed by atoms with Crippen molar-refractivity contribution in [3.8, 4) is 0 Å². The van der Waals surface area contributed by atoms with Crippen LogP contribution in [0.5, 0.6) is 0 Å². The first-order valence-corrected chi connectivity index (χ1v) is 8.11. The molecule has 0 saturated carbocycles. The minimum atomic E-state index is 0.543. The highest BCUT2D eigenvalue weighted by molar-refractivity contribution is 8.00. The zero-order chi connectivity index (χ0) is 12.3. The molecule has 1 aliphatic rings. The second-order valence-corrected chi connectivity index (χ2v) is 6.50. The molecular formula is C13H20N2S2. The van der Waals surface area contributed by atoms with E-state index in [4.69, 9.17) is 0 Å². The van der Waals surface area contributed by atoms with Gasteiger partial charge in [-0.2, -0.15) is 0 Å². The number of rotatable bonds is 4. The molecule has 4 heteroatoms. The van der Waals surface area contributed by atoms with Gasteiger partial charge in [0.05, 0.1) is 0 Å². The average Bonchev–Trinajstić information content (AvgIpc) is 2.35. The SMILES string of the molecule is CNCCC1Sc2cc(SC)ccc2NC1C. The summed E-state index contributed by atoms with van der Waals surface area (Å²) in [6.07, 6.45) is 3.34. The monoisotopic (exact) mass is 268 g/mol. The van der Waals surface area contributed by atoms with E-state index in [1.807, 2.05) is 30.6 Å². The van der Waals surface area contributed by atoms with Crippen LogP contribution in [0.1, 0.15) is 13.3 Å². The molecule has 2 atom stereocenters. The summed E-state index contributed by atoms with van der Waals surface area (Å²) >= 11 is 3.83. The van der Waals surface area contributed by atoms with Crippen LogP contribution in [0.15, 0.2) is 28.0 Å². The Balaban J connectivity index is 2.13. The van der Waals surface area contributed by atoms with Gasteiger partial charge in [-0.3, -0.25) is 0 Å². The van der Waals surface area contributed by atoms with Crippen LogP contribution in [0, 0.1) is 0 Å². The Labute approximate surface area is 112 Å². The normalized spacial score (nSPS) is 23.0. The van der Waals surface area contributed by atoms with Gasteiger partial charge in [-0.15, -0.1) is 23.5 Å². The van der Waals surface area contributed by atoms with Crippen molar-refractivity contribution < 1.29 is 0 Å². The molecule has 0 spiro atoms. The molecule has 0 bridgehead atoms. The van der Waals surface area contributed by atoms with Crippen LogP contribution in [-0.2, 0) is 0 Å². The van der Waals surface area contributed by atoms with Crippen LogP contribution in [0.4, 0.5) is 5.69 Å². The summed E-state index contributed by atoms with van der Waals surface area (Å²) in [6, 6.07) is 7.24. The molecule has 0 amide bonds. The lowest BCUT2D eigenvalue weighted by atomic mass is 10.1. The molecule has 0 fully saturated rings. The molecule has 94 valence electrons. The maximum absolute atomic E-state index is 3.61. The van der Waals surface area contributed by atoms with Crippen LogP contribution in [0.2, 0.25) is 0 Å². The van der Waals surface area contributed by atoms with E-state index in [1.165, 1.54) is 21.9 Å². The molecule has 0 aromatic heterocycles. The third-order valence-corrected chi connectivity index (χ3v) is 5.35. The number of nitrogens with one attached hydrogen (secondary N) is 2. The van der Waals surface area contributed by atoms with Crippen LogP contribution >= 0.6 is 23.5 Å². The molecule has 1 aliphatic heterocycles. The number of hydrogen-bond acceptors (Lipinski definition) is 4. The lowest BCUT2D eigenvalue weighted by Crippen LogP contribution is -2.33. The predicted octanol–water partition coefficient (Wildman–Crippen LogP) is 3.29. The van der Waals surface area contributed by atoms with E-state index >= 15 is 0 Å². The summed E-state index contributed by atoms with van der Waals surface area (Å²) in [6.45, 7) is 3.36. The number of fused-ring (bicyclic) bond motifs is 1. The standard InChI is InChI=1S/C13H20N2S2/c1-9-12(6-7-14-2)17-13-8-10(16-3)4-5-11(13)15-9/h4-5,8-9,12,14-15H,6-7H2,1-3H3.